The van der Waals surface area contributed by atoms with Gasteiger partial charge in [0.1, 0.15) is 12.1 Å². The van der Waals surface area contributed by atoms with E-state index in [1.807, 2.05) is 0 Å². The van der Waals surface area contributed by atoms with Gasteiger partial charge >= 0.3 is 12.1 Å². The van der Waals surface area contributed by atoms with E-state index in [2.05, 4.69) is 16.0 Å². The highest BCUT2D eigenvalue weighted by atomic mass is 35.5. The zero-order chi connectivity index (χ0) is 18.2. The number of rotatable bonds is 4. The van der Waals surface area contributed by atoms with Crippen molar-refractivity contribution in [3.63, 3.8) is 0 Å². The molecule has 1 aliphatic heterocycles. The summed E-state index contributed by atoms with van der Waals surface area (Å²) in [6.45, 7) is 0.967. The van der Waals surface area contributed by atoms with E-state index in [-0.39, 0.29) is 6.04 Å². The minimum absolute atomic E-state index is 0.0908. The van der Waals surface area contributed by atoms with E-state index in [0.717, 1.165) is 17.7 Å². The molecule has 1 saturated heterocycles. The van der Waals surface area contributed by atoms with Crippen molar-refractivity contribution in [2.45, 2.75) is 31.3 Å². The van der Waals surface area contributed by atoms with Crippen molar-refractivity contribution in [3.8, 4) is 0 Å². The zero-order valence-corrected chi connectivity index (χ0v) is 14.2. The summed E-state index contributed by atoms with van der Waals surface area (Å²) < 4.78 is 0. The van der Waals surface area contributed by atoms with Crippen LogP contribution in [0.3, 0.4) is 0 Å². The molecule has 2 fully saturated rings. The second kappa shape index (κ2) is 6.36. The van der Waals surface area contributed by atoms with Crippen LogP contribution in [-0.4, -0.2) is 41.4 Å². The fraction of sp³-hybridized carbons (Fsp3) is 0.375. The number of amides is 6. The SMILES string of the molecule is C[C@]1(c2ccccc2Cl)NC(=O)N(CC(=O)NC(=O)NC2CC2)C1=O. The maximum Gasteiger partial charge on any atom is 0.325 e. The summed E-state index contributed by atoms with van der Waals surface area (Å²) in [6, 6.07) is 5.39. The van der Waals surface area contributed by atoms with E-state index < -0.39 is 36.0 Å². The third-order valence-corrected chi connectivity index (χ3v) is 4.48. The standard InChI is InChI=1S/C16H17ClN4O4/c1-16(10-4-2-3-5-11(10)17)13(23)21(15(25)20-16)8-12(22)19-14(24)18-9-6-7-9/h2-5,9H,6-8H2,1H3,(H,20,25)(H2,18,19,22,24)/t16-/m1/s1. The van der Waals surface area contributed by atoms with Gasteiger partial charge in [-0.3, -0.25) is 19.8 Å². The Labute approximate surface area is 148 Å². The topological polar surface area (TPSA) is 108 Å². The monoisotopic (exact) mass is 364 g/mol. The molecule has 1 saturated carbocycles. The number of imide groups is 2. The van der Waals surface area contributed by atoms with Crippen molar-refractivity contribution in [2.24, 2.45) is 0 Å². The normalized spacial score (nSPS) is 22.6. The molecule has 0 spiro atoms. The molecular weight excluding hydrogens is 348 g/mol. The van der Waals surface area contributed by atoms with Gasteiger partial charge in [-0.25, -0.2) is 9.59 Å². The average Bonchev–Trinajstić information content (AvgIpc) is 3.32. The fourth-order valence-electron chi connectivity index (χ4n) is 2.65. The summed E-state index contributed by atoms with van der Waals surface area (Å²) in [7, 11) is 0. The van der Waals surface area contributed by atoms with Crippen LogP contribution in [0, 0.1) is 0 Å². The Morgan fingerprint density at radius 3 is 2.64 bits per heavy atom. The number of carbonyl (C=O) groups is 4. The van der Waals surface area contributed by atoms with Gasteiger partial charge in [0.2, 0.25) is 5.91 Å². The molecule has 132 valence electrons. The highest BCUT2D eigenvalue weighted by molar-refractivity contribution is 6.32. The second-order valence-corrected chi connectivity index (χ2v) is 6.63. The average molecular weight is 365 g/mol. The lowest BCUT2D eigenvalue weighted by molar-refractivity contribution is -0.134. The lowest BCUT2D eigenvalue weighted by atomic mass is 9.92. The molecular formula is C16H17ClN4O4. The summed E-state index contributed by atoms with van der Waals surface area (Å²) in [5, 5.41) is 7.59. The van der Waals surface area contributed by atoms with E-state index >= 15 is 0 Å². The van der Waals surface area contributed by atoms with E-state index in [1.165, 1.54) is 6.92 Å². The van der Waals surface area contributed by atoms with Crippen LogP contribution in [0.5, 0.6) is 0 Å². The minimum Gasteiger partial charge on any atom is -0.335 e. The number of urea groups is 2. The number of nitrogens with zero attached hydrogens (tertiary/aromatic N) is 1. The summed E-state index contributed by atoms with van der Waals surface area (Å²) >= 11 is 6.13. The lowest BCUT2D eigenvalue weighted by Gasteiger charge is -2.23. The lowest BCUT2D eigenvalue weighted by Crippen LogP contribution is -2.47. The summed E-state index contributed by atoms with van der Waals surface area (Å²) in [5.74, 6) is -1.35. The number of benzene rings is 1. The molecule has 8 nitrogen and oxygen atoms in total. The third kappa shape index (κ3) is 3.43. The molecule has 1 aromatic carbocycles. The van der Waals surface area contributed by atoms with Crippen LogP contribution < -0.4 is 16.0 Å². The van der Waals surface area contributed by atoms with Crippen molar-refractivity contribution < 1.29 is 19.2 Å². The van der Waals surface area contributed by atoms with Crippen LogP contribution >= 0.6 is 11.6 Å². The van der Waals surface area contributed by atoms with E-state index in [9.17, 15) is 19.2 Å². The second-order valence-electron chi connectivity index (χ2n) is 6.22. The number of hydrogen-bond donors (Lipinski definition) is 3. The van der Waals surface area contributed by atoms with Crippen LogP contribution in [0.2, 0.25) is 5.02 Å². The molecule has 0 unspecified atom stereocenters. The molecule has 1 aliphatic carbocycles. The van der Waals surface area contributed by atoms with Gasteiger partial charge < -0.3 is 10.6 Å². The van der Waals surface area contributed by atoms with Crippen molar-refractivity contribution in [1.29, 1.82) is 0 Å². The first-order valence-electron chi connectivity index (χ1n) is 7.80. The first-order chi connectivity index (χ1) is 11.8. The molecule has 25 heavy (non-hydrogen) atoms. The number of carbonyl (C=O) groups excluding carboxylic acids is 4. The highest BCUT2D eigenvalue weighted by Gasteiger charge is 2.50. The fourth-order valence-corrected chi connectivity index (χ4v) is 2.97. The number of nitrogens with one attached hydrogen (secondary N) is 3. The first kappa shape index (κ1) is 17.2. The van der Waals surface area contributed by atoms with Gasteiger partial charge in [0.25, 0.3) is 5.91 Å². The summed E-state index contributed by atoms with van der Waals surface area (Å²) in [5.41, 5.74) is -0.934. The molecule has 0 aromatic heterocycles. The van der Waals surface area contributed by atoms with Gasteiger partial charge in [0, 0.05) is 16.6 Å². The van der Waals surface area contributed by atoms with Crippen molar-refractivity contribution in [2.75, 3.05) is 6.54 Å². The maximum absolute atomic E-state index is 12.7. The largest absolute Gasteiger partial charge is 0.335 e. The van der Waals surface area contributed by atoms with Crippen LogP contribution in [0.4, 0.5) is 9.59 Å². The Bertz CT molecular complexity index is 764. The summed E-state index contributed by atoms with van der Waals surface area (Å²) in [6.07, 6.45) is 1.76. The van der Waals surface area contributed by atoms with Crippen molar-refractivity contribution in [1.82, 2.24) is 20.9 Å². The molecule has 9 heteroatoms. The first-order valence-corrected chi connectivity index (χ1v) is 8.18. The summed E-state index contributed by atoms with van der Waals surface area (Å²) in [4.78, 5) is 49.1. The van der Waals surface area contributed by atoms with Gasteiger partial charge in [0.05, 0.1) is 0 Å². The van der Waals surface area contributed by atoms with Gasteiger partial charge in [-0.15, -0.1) is 0 Å². The van der Waals surface area contributed by atoms with Gasteiger partial charge in [-0.1, -0.05) is 29.8 Å². The number of hydrogen-bond acceptors (Lipinski definition) is 4. The van der Waals surface area contributed by atoms with Crippen LogP contribution in [0.15, 0.2) is 24.3 Å². The van der Waals surface area contributed by atoms with E-state index in [0.29, 0.717) is 10.6 Å². The molecule has 3 rings (SSSR count). The zero-order valence-electron chi connectivity index (χ0n) is 13.5. The molecule has 0 radical (unpaired) electrons. The molecule has 1 heterocycles. The number of halogens is 1. The maximum atomic E-state index is 12.7. The highest BCUT2D eigenvalue weighted by Crippen LogP contribution is 2.33. The van der Waals surface area contributed by atoms with Crippen LogP contribution in [0.25, 0.3) is 0 Å². The predicted molar refractivity (Wildman–Crippen MR) is 88.7 cm³/mol. The quantitative estimate of drug-likeness (QED) is 0.695. The molecule has 1 aromatic rings. The third-order valence-electron chi connectivity index (χ3n) is 4.15. The van der Waals surface area contributed by atoms with Crippen LogP contribution in [0.1, 0.15) is 25.3 Å². The predicted octanol–water partition coefficient (Wildman–Crippen LogP) is 1.10. The minimum atomic E-state index is -1.37. The van der Waals surface area contributed by atoms with Crippen LogP contribution in [-0.2, 0) is 15.1 Å². The molecule has 3 N–H and O–H groups in total. The van der Waals surface area contributed by atoms with E-state index in [1.54, 1.807) is 24.3 Å². The Morgan fingerprint density at radius 2 is 2.00 bits per heavy atom. The Morgan fingerprint density at radius 1 is 1.32 bits per heavy atom. The van der Waals surface area contributed by atoms with Gasteiger partial charge in [0.15, 0.2) is 0 Å². The van der Waals surface area contributed by atoms with Gasteiger partial charge in [-0.05, 0) is 25.8 Å². The Hall–Kier alpha value is -2.61. The Kier molecular flexibility index (Phi) is 4.38. The smallest absolute Gasteiger partial charge is 0.325 e. The van der Waals surface area contributed by atoms with Gasteiger partial charge in [-0.2, -0.15) is 0 Å². The Balaban J connectivity index is 1.69. The molecule has 1 atom stereocenters. The van der Waals surface area contributed by atoms with E-state index in [4.69, 9.17) is 11.6 Å². The van der Waals surface area contributed by atoms with Crippen molar-refractivity contribution >= 4 is 35.5 Å². The molecule has 6 amide bonds. The van der Waals surface area contributed by atoms with Crippen molar-refractivity contribution in [3.05, 3.63) is 34.9 Å². The molecule has 2 aliphatic rings. The molecule has 0 bridgehead atoms.